The van der Waals surface area contributed by atoms with Crippen LogP contribution in [0.15, 0.2) is 42.6 Å². The van der Waals surface area contributed by atoms with Gasteiger partial charge in [-0.1, -0.05) is 30.3 Å². The van der Waals surface area contributed by atoms with Crippen LogP contribution in [0.2, 0.25) is 0 Å². The van der Waals surface area contributed by atoms with Gasteiger partial charge >= 0.3 is 6.03 Å². The van der Waals surface area contributed by atoms with E-state index in [4.69, 9.17) is 14.7 Å². The summed E-state index contributed by atoms with van der Waals surface area (Å²) in [5.41, 5.74) is 1.67. The second-order valence-electron chi connectivity index (χ2n) is 7.88. The second-order valence-corrected chi connectivity index (χ2v) is 7.88. The molecule has 3 N–H and O–H groups in total. The van der Waals surface area contributed by atoms with Crippen molar-refractivity contribution in [2.24, 2.45) is 5.92 Å². The number of aromatic amines is 1. The van der Waals surface area contributed by atoms with Crippen LogP contribution in [0.4, 0.5) is 10.6 Å². The molecule has 2 aromatic heterocycles. The lowest BCUT2D eigenvalue weighted by molar-refractivity contribution is 0.138. The molecule has 166 valence electrons. The molecule has 9 heteroatoms. The van der Waals surface area contributed by atoms with E-state index in [-0.39, 0.29) is 24.1 Å². The van der Waals surface area contributed by atoms with Crippen molar-refractivity contribution in [2.45, 2.75) is 37.8 Å². The fourth-order valence-corrected chi connectivity index (χ4v) is 3.90. The Balaban J connectivity index is 1.39. The Morgan fingerprint density at radius 2 is 2.06 bits per heavy atom. The fourth-order valence-electron chi connectivity index (χ4n) is 3.90. The number of rotatable bonds is 7. The fraction of sp³-hybridized carbons (Fsp3) is 0.391. The molecule has 0 radical (unpaired) electrons. The average Bonchev–Trinajstić information content (AvgIpc) is 3.21. The SMILES string of the molecule is COC[C@@H](NC(=O)Nc1cc2[nH]nc(OC3CCC(C#N)CC3)c2cn1)c1ccccc1. The number of hydrogen-bond donors (Lipinski definition) is 3. The standard InChI is InChI=1S/C23H26N6O3/c1-31-14-20(16-5-3-2-4-6-16)26-23(30)27-21-11-19-18(13-25-21)22(29-28-19)32-17-9-7-15(12-24)8-10-17/h2-6,11,13,15,17,20H,7-10,14H2,1H3,(H,28,29)(H2,25,26,27,30)/t15?,17?,20-/m1/s1. The summed E-state index contributed by atoms with van der Waals surface area (Å²) in [7, 11) is 1.60. The third-order valence-electron chi connectivity index (χ3n) is 5.63. The first-order chi connectivity index (χ1) is 15.7. The molecule has 1 aliphatic rings. The third kappa shape index (κ3) is 5.15. The number of nitrogens with zero attached hydrogens (tertiary/aromatic N) is 3. The number of carbonyl (C=O) groups excluding carboxylic acids is 1. The first-order valence-electron chi connectivity index (χ1n) is 10.7. The smallest absolute Gasteiger partial charge is 0.320 e. The highest BCUT2D eigenvalue weighted by Gasteiger charge is 2.23. The van der Waals surface area contributed by atoms with Crippen LogP contribution in [0.1, 0.15) is 37.3 Å². The number of nitriles is 1. The molecule has 9 nitrogen and oxygen atoms in total. The van der Waals surface area contributed by atoms with Crippen LogP contribution in [-0.4, -0.2) is 41.0 Å². The van der Waals surface area contributed by atoms with Crippen LogP contribution in [0.3, 0.4) is 0 Å². The van der Waals surface area contributed by atoms with Crippen molar-refractivity contribution in [1.29, 1.82) is 5.26 Å². The number of anilines is 1. The summed E-state index contributed by atoms with van der Waals surface area (Å²) in [5, 5.41) is 22.7. The van der Waals surface area contributed by atoms with E-state index in [0.717, 1.165) is 36.6 Å². The number of hydrogen-bond acceptors (Lipinski definition) is 6. The van der Waals surface area contributed by atoms with Crippen LogP contribution < -0.4 is 15.4 Å². The van der Waals surface area contributed by atoms with Gasteiger partial charge in [-0.2, -0.15) is 5.26 Å². The van der Waals surface area contributed by atoms with Crippen molar-refractivity contribution in [3.05, 3.63) is 48.2 Å². The van der Waals surface area contributed by atoms with Crippen molar-refractivity contribution in [1.82, 2.24) is 20.5 Å². The van der Waals surface area contributed by atoms with E-state index in [9.17, 15) is 4.79 Å². The molecule has 1 aliphatic carbocycles. The van der Waals surface area contributed by atoms with Crippen LogP contribution in [0, 0.1) is 17.2 Å². The molecule has 2 amide bonds. The summed E-state index contributed by atoms with van der Waals surface area (Å²) >= 11 is 0. The number of benzene rings is 1. The number of amides is 2. The molecule has 2 heterocycles. The van der Waals surface area contributed by atoms with Crippen molar-refractivity contribution >= 4 is 22.8 Å². The molecule has 1 aromatic carbocycles. The number of fused-ring (bicyclic) bond motifs is 1. The van der Waals surface area contributed by atoms with E-state index < -0.39 is 0 Å². The maximum Gasteiger partial charge on any atom is 0.320 e. The molecule has 0 spiro atoms. The maximum atomic E-state index is 12.5. The lowest BCUT2D eigenvalue weighted by Crippen LogP contribution is -2.35. The highest BCUT2D eigenvalue weighted by atomic mass is 16.5. The molecule has 4 rings (SSSR count). The number of urea groups is 1. The second kappa shape index (κ2) is 10.1. The first-order valence-corrected chi connectivity index (χ1v) is 10.7. The van der Waals surface area contributed by atoms with E-state index in [2.05, 4.69) is 31.9 Å². The predicted octanol–water partition coefficient (Wildman–Crippen LogP) is 3.93. The molecular weight excluding hydrogens is 408 g/mol. The molecule has 0 aliphatic heterocycles. The molecule has 0 bridgehead atoms. The molecule has 0 unspecified atom stereocenters. The minimum Gasteiger partial charge on any atom is -0.473 e. The Morgan fingerprint density at radius 1 is 1.28 bits per heavy atom. The van der Waals surface area contributed by atoms with Crippen molar-refractivity contribution < 1.29 is 14.3 Å². The van der Waals surface area contributed by atoms with Crippen LogP contribution in [0.5, 0.6) is 5.88 Å². The van der Waals surface area contributed by atoms with Crippen molar-refractivity contribution in [2.75, 3.05) is 19.0 Å². The molecule has 1 fully saturated rings. The third-order valence-corrected chi connectivity index (χ3v) is 5.63. The van der Waals surface area contributed by atoms with Crippen LogP contribution in [-0.2, 0) is 4.74 Å². The molecule has 1 saturated carbocycles. The van der Waals surface area contributed by atoms with Gasteiger partial charge in [-0.25, -0.2) is 9.78 Å². The van der Waals surface area contributed by atoms with E-state index in [1.807, 2.05) is 30.3 Å². The lowest BCUT2D eigenvalue weighted by atomic mass is 9.88. The van der Waals surface area contributed by atoms with E-state index in [1.165, 1.54) is 0 Å². The van der Waals surface area contributed by atoms with Crippen LogP contribution >= 0.6 is 0 Å². The summed E-state index contributed by atoms with van der Waals surface area (Å²) in [5.74, 6) is 1.01. The zero-order chi connectivity index (χ0) is 22.3. The largest absolute Gasteiger partial charge is 0.473 e. The monoisotopic (exact) mass is 434 g/mol. The van der Waals surface area contributed by atoms with Gasteiger partial charge in [0.15, 0.2) is 0 Å². The number of nitrogens with one attached hydrogen (secondary N) is 3. The summed E-state index contributed by atoms with van der Waals surface area (Å²) in [4.78, 5) is 16.9. The Kier molecular flexibility index (Phi) is 6.82. The summed E-state index contributed by atoms with van der Waals surface area (Å²) in [6, 6.07) is 13.0. The van der Waals surface area contributed by atoms with E-state index in [1.54, 1.807) is 19.4 Å². The van der Waals surface area contributed by atoms with Gasteiger partial charge in [-0.15, -0.1) is 5.10 Å². The average molecular weight is 435 g/mol. The zero-order valence-electron chi connectivity index (χ0n) is 17.9. The summed E-state index contributed by atoms with van der Waals surface area (Å²) < 4.78 is 11.3. The molecular formula is C23H26N6O3. The van der Waals surface area contributed by atoms with Crippen molar-refractivity contribution in [3.63, 3.8) is 0 Å². The van der Waals surface area contributed by atoms with Gasteiger partial charge in [0.05, 0.1) is 29.6 Å². The Morgan fingerprint density at radius 3 is 2.78 bits per heavy atom. The number of aromatic nitrogens is 3. The molecule has 32 heavy (non-hydrogen) atoms. The van der Waals surface area contributed by atoms with Gasteiger partial charge in [-0.3, -0.25) is 10.4 Å². The topological polar surface area (TPSA) is 125 Å². The number of pyridine rings is 1. The van der Waals surface area contributed by atoms with Crippen molar-refractivity contribution in [3.8, 4) is 11.9 Å². The highest BCUT2D eigenvalue weighted by molar-refractivity contribution is 5.92. The van der Waals surface area contributed by atoms with Gasteiger partial charge in [0.1, 0.15) is 11.9 Å². The molecule has 1 atom stereocenters. The number of ether oxygens (including phenoxy) is 2. The van der Waals surface area contributed by atoms with Gasteiger partial charge in [-0.05, 0) is 31.2 Å². The minimum absolute atomic E-state index is 0.0467. The van der Waals surface area contributed by atoms with E-state index >= 15 is 0 Å². The Hall–Kier alpha value is -3.64. The zero-order valence-corrected chi connectivity index (χ0v) is 17.9. The summed E-state index contributed by atoms with van der Waals surface area (Å²) in [6.07, 6.45) is 5.04. The maximum absolute atomic E-state index is 12.5. The van der Waals surface area contributed by atoms with Gasteiger partial charge in [0, 0.05) is 25.3 Å². The molecule has 3 aromatic rings. The number of methoxy groups -OCH3 is 1. The Bertz CT molecular complexity index is 1090. The van der Waals surface area contributed by atoms with E-state index in [0.29, 0.717) is 23.8 Å². The first kappa shape index (κ1) is 21.6. The van der Waals surface area contributed by atoms with Crippen LogP contribution in [0.25, 0.3) is 10.9 Å². The predicted molar refractivity (Wildman–Crippen MR) is 119 cm³/mol. The number of carbonyl (C=O) groups is 1. The Labute approximate surface area is 186 Å². The lowest BCUT2D eigenvalue weighted by Gasteiger charge is -2.24. The molecule has 0 saturated heterocycles. The van der Waals surface area contributed by atoms with Gasteiger partial charge in [0.2, 0.25) is 5.88 Å². The number of H-pyrrole nitrogens is 1. The van der Waals surface area contributed by atoms with Gasteiger partial charge in [0.25, 0.3) is 0 Å². The minimum atomic E-state index is -0.381. The van der Waals surface area contributed by atoms with Gasteiger partial charge < -0.3 is 14.8 Å². The quantitative estimate of drug-likeness (QED) is 0.517. The highest BCUT2D eigenvalue weighted by Crippen LogP contribution is 2.30. The summed E-state index contributed by atoms with van der Waals surface area (Å²) in [6.45, 7) is 0.349. The normalized spacial score (nSPS) is 19.1.